The number of hydrogen-bond acceptors (Lipinski definition) is 4. The zero-order valence-electron chi connectivity index (χ0n) is 15.2. The first-order valence-electron chi connectivity index (χ1n) is 8.26. The quantitative estimate of drug-likeness (QED) is 0.733. The predicted octanol–water partition coefficient (Wildman–Crippen LogP) is 3.12. The number of hydrogen-bond donors (Lipinski definition) is 1. The molecule has 2 aromatic carbocycles. The van der Waals surface area contributed by atoms with E-state index in [0.717, 1.165) is 18.7 Å². The Kier molecular flexibility index (Phi) is 6.45. The van der Waals surface area contributed by atoms with E-state index in [9.17, 15) is 8.42 Å². The first-order chi connectivity index (χ1) is 11.8. The van der Waals surface area contributed by atoms with Crippen LogP contribution in [0, 0.1) is 13.8 Å². The van der Waals surface area contributed by atoms with Crippen LogP contribution in [0.25, 0.3) is 0 Å². The number of benzene rings is 2. The summed E-state index contributed by atoms with van der Waals surface area (Å²) >= 11 is 0. The SMILES string of the molecule is COc1cc(C)c(S(=O)(=O)NCCCN(C)c2ccccc2)c(C)c1. The number of ether oxygens (including phenoxy) is 1. The number of anilines is 1. The van der Waals surface area contributed by atoms with Crippen LogP contribution in [0.4, 0.5) is 5.69 Å². The van der Waals surface area contributed by atoms with Gasteiger partial charge in [-0.15, -0.1) is 0 Å². The van der Waals surface area contributed by atoms with Crippen LogP contribution in [0.2, 0.25) is 0 Å². The Morgan fingerprint density at radius 1 is 1.08 bits per heavy atom. The molecule has 1 N–H and O–H groups in total. The topological polar surface area (TPSA) is 58.6 Å². The van der Waals surface area contributed by atoms with Crippen LogP contribution in [0.3, 0.4) is 0 Å². The third-order valence-electron chi connectivity index (χ3n) is 4.10. The summed E-state index contributed by atoms with van der Waals surface area (Å²) < 4.78 is 33.1. The Hall–Kier alpha value is -2.05. The van der Waals surface area contributed by atoms with Crippen molar-refractivity contribution >= 4 is 15.7 Å². The molecule has 0 aliphatic rings. The van der Waals surface area contributed by atoms with Gasteiger partial charge in [-0.2, -0.15) is 0 Å². The van der Waals surface area contributed by atoms with Gasteiger partial charge in [0, 0.05) is 25.8 Å². The lowest BCUT2D eigenvalue weighted by Gasteiger charge is -2.19. The van der Waals surface area contributed by atoms with Crippen LogP contribution < -0.4 is 14.4 Å². The smallest absolute Gasteiger partial charge is 0.241 e. The molecule has 0 aliphatic carbocycles. The van der Waals surface area contributed by atoms with Gasteiger partial charge in [-0.25, -0.2) is 13.1 Å². The molecule has 0 fully saturated rings. The molecule has 0 radical (unpaired) electrons. The maximum Gasteiger partial charge on any atom is 0.241 e. The summed E-state index contributed by atoms with van der Waals surface area (Å²) in [5, 5.41) is 0. The van der Waals surface area contributed by atoms with Crippen LogP contribution in [0.15, 0.2) is 47.4 Å². The molecule has 0 aromatic heterocycles. The molecule has 6 heteroatoms. The number of nitrogens with one attached hydrogen (secondary N) is 1. The van der Waals surface area contributed by atoms with Crippen molar-refractivity contribution in [2.45, 2.75) is 25.2 Å². The van der Waals surface area contributed by atoms with Crippen LogP contribution in [0.1, 0.15) is 17.5 Å². The molecule has 25 heavy (non-hydrogen) atoms. The number of nitrogens with zero attached hydrogens (tertiary/aromatic N) is 1. The van der Waals surface area contributed by atoms with Crippen LogP contribution in [-0.4, -0.2) is 35.7 Å². The lowest BCUT2D eigenvalue weighted by molar-refractivity contribution is 0.413. The van der Waals surface area contributed by atoms with Gasteiger partial charge >= 0.3 is 0 Å². The number of sulfonamides is 1. The van der Waals surface area contributed by atoms with E-state index in [0.29, 0.717) is 28.3 Å². The van der Waals surface area contributed by atoms with Gasteiger partial charge in [-0.1, -0.05) is 18.2 Å². The highest BCUT2D eigenvalue weighted by atomic mass is 32.2. The summed E-state index contributed by atoms with van der Waals surface area (Å²) in [6.45, 7) is 4.73. The fraction of sp³-hybridized carbons (Fsp3) is 0.368. The molecule has 0 amide bonds. The first kappa shape index (κ1) is 19.3. The molecule has 136 valence electrons. The second kappa shape index (κ2) is 8.36. The molecule has 0 unspecified atom stereocenters. The number of aryl methyl sites for hydroxylation is 2. The van der Waals surface area contributed by atoms with Gasteiger partial charge in [-0.3, -0.25) is 0 Å². The summed E-state index contributed by atoms with van der Waals surface area (Å²) in [7, 11) is 0.0416. The maximum absolute atomic E-state index is 12.6. The van der Waals surface area contributed by atoms with E-state index in [-0.39, 0.29) is 0 Å². The van der Waals surface area contributed by atoms with Gasteiger partial charge in [0.2, 0.25) is 10.0 Å². The molecule has 0 aliphatic heterocycles. The fourth-order valence-electron chi connectivity index (χ4n) is 2.86. The number of methoxy groups -OCH3 is 1. The standard InChI is InChI=1S/C19H26N2O3S/c1-15-13-18(24-4)14-16(2)19(15)25(22,23)20-11-8-12-21(3)17-9-6-5-7-10-17/h5-7,9-10,13-14,20H,8,11-12H2,1-4H3. The van der Waals surface area contributed by atoms with Crippen molar-refractivity contribution in [3.05, 3.63) is 53.6 Å². The van der Waals surface area contributed by atoms with Crippen LogP contribution in [0.5, 0.6) is 5.75 Å². The molecule has 0 heterocycles. The average Bonchev–Trinajstić information content (AvgIpc) is 2.58. The molecule has 2 aromatic rings. The predicted molar refractivity (Wildman–Crippen MR) is 102 cm³/mol. The molecule has 0 atom stereocenters. The molecule has 5 nitrogen and oxygen atoms in total. The maximum atomic E-state index is 12.6. The Morgan fingerprint density at radius 3 is 2.24 bits per heavy atom. The van der Waals surface area contributed by atoms with E-state index < -0.39 is 10.0 Å². The molecular formula is C19H26N2O3S. The van der Waals surface area contributed by atoms with Crippen molar-refractivity contribution in [2.75, 3.05) is 32.1 Å². The highest BCUT2D eigenvalue weighted by Crippen LogP contribution is 2.25. The monoisotopic (exact) mass is 362 g/mol. The molecule has 0 saturated carbocycles. The minimum Gasteiger partial charge on any atom is -0.497 e. The molecule has 0 saturated heterocycles. The summed E-state index contributed by atoms with van der Waals surface area (Å²) in [6.07, 6.45) is 0.721. The molecule has 2 rings (SSSR count). The van der Waals surface area contributed by atoms with Crippen molar-refractivity contribution in [3.8, 4) is 5.75 Å². The highest BCUT2D eigenvalue weighted by Gasteiger charge is 2.20. The lowest BCUT2D eigenvalue weighted by Crippen LogP contribution is -2.29. The van der Waals surface area contributed by atoms with Crippen molar-refractivity contribution in [3.63, 3.8) is 0 Å². The van der Waals surface area contributed by atoms with E-state index in [1.54, 1.807) is 33.1 Å². The van der Waals surface area contributed by atoms with Gasteiger partial charge in [0.15, 0.2) is 0 Å². The minimum absolute atomic E-state index is 0.338. The van der Waals surface area contributed by atoms with Crippen LogP contribution >= 0.6 is 0 Å². The third kappa shape index (κ3) is 4.96. The minimum atomic E-state index is -3.53. The average molecular weight is 362 g/mol. The van der Waals surface area contributed by atoms with E-state index in [1.807, 2.05) is 37.4 Å². The number of para-hydroxylation sites is 1. The Labute approximate surface area is 150 Å². The van der Waals surface area contributed by atoms with Crippen molar-refractivity contribution < 1.29 is 13.2 Å². The largest absolute Gasteiger partial charge is 0.497 e. The van der Waals surface area contributed by atoms with Gasteiger partial charge in [-0.05, 0) is 55.7 Å². The molecule has 0 spiro atoms. The van der Waals surface area contributed by atoms with Crippen molar-refractivity contribution in [1.82, 2.24) is 4.72 Å². The summed E-state index contributed by atoms with van der Waals surface area (Å²) in [4.78, 5) is 2.45. The molecular weight excluding hydrogens is 336 g/mol. The Balaban J connectivity index is 1.96. The first-order valence-corrected chi connectivity index (χ1v) is 9.74. The van der Waals surface area contributed by atoms with Gasteiger partial charge in [0.25, 0.3) is 0 Å². The second-order valence-electron chi connectivity index (χ2n) is 6.10. The Bertz CT molecular complexity index is 782. The highest BCUT2D eigenvalue weighted by molar-refractivity contribution is 7.89. The van der Waals surface area contributed by atoms with Crippen molar-refractivity contribution in [1.29, 1.82) is 0 Å². The normalized spacial score (nSPS) is 11.4. The molecule has 0 bridgehead atoms. The van der Waals surface area contributed by atoms with Gasteiger partial charge in [0.1, 0.15) is 5.75 Å². The van der Waals surface area contributed by atoms with E-state index >= 15 is 0 Å². The Morgan fingerprint density at radius 2 is 1.68 bits per heavy atom. The number of rotatable bonds is 8. The van der Waals surface area contributed by atoms with Gasteiger partial charge < -0.3 is 9.64 Å². The fourth-order valence-corrected chi connectivity index (χ4v) is 4.38. The summed E-state index contributed by atoms with van der Waals surface area (Å²) in [5.74, 6) is 0.665. The lowest BCUT2D eigenvalue weighted by atomic mass is 10.1. The van der Waals surface area contributed by atoms with Crippen LogP contribution in [-0.2, 0) is 10.0 Å². The van der Waals surface area contributed by atoms with Gasteiger partial charge in [0.05, 0.1) is 12.0 Å². The second-order valence-corrected chi connectivity index (χ2v) is 7.80. The summed E-state index contributed by atoms with van der Waals surface area (Å²) in [5.41, 5.74) is 2.49. The van der Waals surface area contributed by atoms with E-state index in [4.69, 9.17) is 4.74 Å². The van der Waals surface area contributed by atoms with Crippen molar-refractivity contribution in [2.24, 2.45) is 0 Å². The summed E-state index contributed by atoms with van der Waals surface area (Å²) in [6, 6.07) is 13.5. The van der Waals surface area contributed by atoms with E-state index in [2.05, 4.69) is 9.62 Å². The zero-order chi connectivity index (χ0) is 18.4. The third-order valence-corrected chi connectivity index (χ3v) is 5.86. The van der Waals surface area contributed by atoms with E-state index in [1.165, 1.54) is 0 Å². The zero-order valence-corrected chi connectivity index (χ0v) is 16.1.